The van der Waals surface area contributed by atoms with Gasteiger partial charge in [0.2, 0.25) is 5.91 Å². The standard InChI is InChI=1S/C12H10ClFN2O3/c13-9-5-8(14)2-1-7(9)6-19-12(18)10-3-4-11(17)16-15-10/h1-2,5H,3-4,6H2,(H,16,17). The number of nitrogens with zero attached hydrogens (tertiary/aromatic N) is 1. The van der Waals surface area contributed by atoms with E-state index in [9.17, 15) is 14.0 Å². The Hall–Kier alpha value is -1.95. The lowest BCUT2D eigenvalue weighted by atomic mass is 10.2. The number of halogens is 2. The van der Waals surface area contributed by atoms with Gasteiger partial charge in [0.15, 0.2) is 0 Å². The second kappa shape index (κ2) is 5.79. The molecule has 0 aromatic heterocycles. The summed E-state index contributed by atoms with van der Waals surface area (Å²) >= 11 is 5.80. The van der Waals surface area contributed by atoms with Gasteiger partial charge in [0, 0.05) is 18.4 Å². The maximum absolute atomic E-state index is 12.8. The van der Waals surface area contributed by atoms with Crippen molar-refractivity contribution in [2.75, 3.05) is 0 Å². The zero-order valence-electron chi connectivity index (χ0n) is 9.78. The smallest absolute Gasteiger partial charge is 0.354 e. The molecule has 0 unspecified atom stereocenters. The van der Waals surface area contributed by atoms with E-state index in [-0.39, 0.29) is 36.1 Å². The second-order valence-electron chi connectivity index (χ2n) is 3.91. The van der Waals surface area contributed by atoms with Gasteiger partial charge in [-0.15, -0.1) is 0 Å². The summed E-state index contributed by atoms with van der Waals surface area (Å²) in [5.41, 5.74) is 2.85. The highest BCUT2D eigenvalue weighted by Crippen LogP contribution is 2.18. The molecule has 1 aromatic carbocycles. The highest BCUT2D eigenvalue weighted by molar-refractivity contribution is 6.37. The maximum atomic E-state index is 12.8. The van der Waals surface area contributed by atoms with Gasteiger partial charge < -0.3 is 4.74 Å². The van der Waals surface area contributed by atoms with Crippen LogP contribution in [-0.2, 0) is 20.9 Å². The number of carbonyl (C=O) groups excluding carboxylic acids is 2. The minimum absolute atomic E-state index is 0.0785. The van der Waals surface area contributed by atoms with Crippen LogP contribution >= 0.6 is 11.6 Å². The van der Waals surface area contributed by atoms with Crippen LogP contribution in [0.25, 0.3) is 0 Å². The van der Waals surface area contributed by atoms with Crippen molar-refractivity contribution in [2.45, 2.75) is 19.4 Å². The average Bonchev–Trinajstić information content (AvgIpc) is 2.38. The van der Waals surface area contributed by atoms with E-state index in [4.69, 9.17) is 16.3 Å². The zero-order valence-corrected chi connectivity index (χ0v) is 10.5. The van der Waals surface area contributed by atoms with Crippen LogP contribution in [0, 0.1) is 5.82 Å². The number of benzene rings is 1. The Labute approximate surface area is 113 Å². The Kier molecular flexibility index (Phi) is 4.11. The summed E-state index contributed by atoms with van der Waals surface area (Å²) in [5, 5.41) is 3.80. The van der Waals surface area contributed by atoms with Crippen LogP contribution in [0.4, 0.5) is 4.39 Å². The van der Waals surface area contributed by atoms with Crippen molar-refractivity contribution in [3.05, 3.63) is 34.6 Å². The third-order valence-corrected chi connectivity index (χ3v) is 2.87. The molecule has 1 aliphatic heterocycles. The van der Waals surface area contributed by atoms with Gasteiger partial charge in [-0.25, -0.2) is 14.6 Å². The monoisotopic (exact) mass is 284 g/mol. The predicted octanol–water partition coefficient (Wildman–Crippen LogP) is 1.79. The highest BCUT2D eigenvalue weighted by Gasteiger charge is 2.19. The maximum Gasteiger partial charge on any atom is 0.354 e. The van der Waals surface area contributed by atoms with Gasteiger partial charge >= 0.3 is 5.97 Å². The van der Waals surface area contributed by atoms with Crippen LogP contribution in [0.3, 0.4) is 0 Å². The number of amides is 1. The fourth-order valence-electron chi connectivity index (χ4n) is 1.49. The molecule has 0 saturated heterocycles. The number of ether oxygens (including phenoxy) is 1. The summed E-state index contributed by atoms with van der Waals surface area (Å²) in [6.07, 6.45) is 0.438. The molecule has 1 aromatic rings. The number of nitrogens with one attached hydrogen (secondary N) is 1. The van der Waals surface area contributed by atoms with Crippen molar-refractivity contribution < 1.29 is 18.7 Å². The summed E-state index contributed by atoms with van der Waals surface area (Å²) in [6, 6.07) is 3.81. The van der Waals surface area contributed by atoms with Gasteiger partial charge in [-0.1, -0.05) is 17.7 Å². The van der Waals surface area contributed by atoms with Gasteiger partial charge in [0.25, 0.3) is 0 Å². The Morgan fingerprint density at radius 1 is 1.47 bits per heavy atom. The molecule has 1 heterocycles. The Balaban J connectivity index is 1.95. The summed E-state index contributed by atoms with van der Waals surface area (Å²) in [6.45, 7) is -0.0785. The van der Waals surface area contributed by atoms with Gasteiger partial charge in [-0.2, -0.15) is 5.10 Å². The van der Waals surface area contributed by atoms with Crippen LogP contribution < -0.4 is 5.43 Å². The van der Waals surface area contributed by atoms with Crippen molar-refractivity contribution in [3.63, 3.8) is 0 Å². The minimum atomic E-state index is -0.625. The molecule has 0 atom stereocenters. The Morgan fingerprint density at radius 2 is 2.26 bits per heavy atom. The molecule has 5 nitrogen and oxygen atoms in total. The SMILES string of the molecule is O=C1CCC(C(=O)OCc2ccc(F)cc2Cl)=NN1. The number of hydrogen-bond donors (Lipinski definition) is 1. The van der Waals surface area contributed by atoms with Crippen molar-refractivity contribution >= 4 is 29.2 Å². The van der Waals surface area contributed by atoms with Crippen molar-refractivity contribution in [1.29, 1.82) is 0 Å². The average molecular weight is 285 g/mol. The predicted molar refractivity (Wildman–Crippen MR) is 66.0 cm³/mol. The van der Waals surface area contributed by atoms with Gasteiger partial charge in [0.1, 0.15) is 18.1 Å². The molecule has 1 aliphatic rings. The molecule has 0 saturated carbocycles. The molecule has 100 valence electrons. The van der Waals surface area contributed by atoms with E-state index in [1.807, 2.05) is 0 Å². The molecule has 0 radical (unpaired) electrons. The van der Waals surface area contributed by atoms with E-state index < -0.39 is 11.8 Å². The molecule has 0 bridgehead atoms. The van der Waals surface area contributed by atoms with E-state index in [1.165, 1.54) is 12.1 Å². The lowest BCUT2D eigenvalue weighted by Gasteiger charge is -2.11. The fraction of sp³-hybridized carbons (Fsp3) is 0.250. The third kappa shape index (κ3) is 3.51. The van der Waals surface area contributed by atoms with E-state index in [1.54, 1.807) is 0 Å². The molecule has 1 amide bonds. The van der Waals surface area contributed by atoms with Crippen LogP contribution in [0.5, 0.6) is 0 Å². The van der Waals surface area contributed by atoms with E-state index in [0.717, 1.165) is 6.07 Å². The number of hydrogen-bond acceptors (Lipinski definition) is 4. The molecular weight excluding hydrogens is 275 g/mol. The number of hydrazone groups is 1. The molecule has 7 heteroatoms. The summed E-state index contributed by atoms with van der Waals surface area (Å²) in [4.78, 5) is 22.5. The first-order chi connectivity index (χ1) is 9.06. The molecule has 0 aliphatic carbocycles. The molecular formula is C12H10ClFN2O3. The van der Waals surface area contributed by atoms with Crippen LogP contribution in [0.15, 0.2) is 23.3 Å². The topological polar surface area (TPSA) is 67.8 Å². The first kappa shape index (κ1) is 13.5. The van der Waals surface area contributed by atoms with Crippen LogP contribution in [0.2, 0.25) is 5.02 Å². The molecule has 2 rings (SSSR count). The first-order valence-electron chi connectivity index (χ1n) is 5.52. The normalized spacial score (nSPS) is 14.6. The van der Waals surface area contributed by atoms with Crippen LogP contribution in [-0.4, -0.2) is 17.6 Å². The van der Waals surface area contributed by atoms with Crippen molar-refractivity contribution in [2.24, 2.45) is 5.10 Å². The third-order valence-electron chi connectivity index (χ3n) is 2.51. The highest BCUT2D eigenvalue weighted by atomic mass is 35.5. The number of carbonyl (C=O) groups is 2. The number of rotatable bonds is 3. The van der Waals surface area contributed by atoms with Gasteiger partial charge in [0.05, 0.1) is 5.02 Å². The van der Waals surface area contributed by atoms with E-state index >= 15 is 0 Å². The summed E-state index contributed by atoms with van der Waals surface area (Å²) in [5.74, 6) is -1.32. The van der Waals surface area contributed by atoms with E-state index in [2.05, 4.69) is 10.5 Å². The second-order valence-corrected chi connectivity index (χ2v) is 4.31. The minimum Gasteiger partial charge on any atom is -0.456 e. The molecule has 0 spiro atoms. The van der Waals surface area contributed by atoms with Gasteiger partial charge in [-0.05, 0) is 12.1 Å². The lowest BCUT2D eigenvalue weighted by Crippen LogP contribution is -2.30. The molecule has 1 N–H and O–H groups in total. The largest absolute Gasteiger partial charge is 0.456 e. The summed E-state index contributed by atoms with van der Waals surface area (Å²) < 4.78 is 17.8. The van der Waals surface area contributed by atoms with Gasteiger partial charge in [-0.3, -0.25) is 4.79 Å². The van der Waals surface area contributed by atoms with E-state index in [0.29, 0.717) is 5.56 Å². The lowest BCUT2D eigenvalue weighted by molar-refractivity contribution is -0.137. The Bertz CT molecular complexity index is 560. The Morgan fingerprint density at radius 3 is 2.89 bits per heavy atom. The number of esters is 1. The quantitative estimate of drug-likeness (QED) is 0.861. The van der Waals surface area contributed by atoms with Crippen molar-refractivity contribution in [1.82, 2.24) is 5.43 Å². The first-order valence-corrected chi connectivity index (χ1v) is 5.90. The summed E-state index contributed by atoms with van der Waals surface area (Å²) in [7, 11) is 0. The van der Waals surface area contributed by atoms with Crippen LogP contribution in [0.1, 0.15) is 18.4 Å². The molecule has 19 heavy (non-hydrogen) atoms. The van der Waals surface area contributed by atoms with Crippen molar-refractivity contribution in [3.8, 4) is 0 Å². The fourth-order valence-corrected chi connectivity index (χ4v) is 1.71. The molecule has 0 fully saturated rings. The zero-order chi connectivity index (χ0) is 13.8.